The predicted molar refractivity (Wildman–Crippen MR) is 107 cm³/mol. The molecule has 1 aromatic carbocycles. The highest BCUT2D eigenvalue weighted by atomic mass is 35.5. The van der Waals surface area contributed by atoms with Gasteiger partial charge in [0.2, 0.25) is 5.91 Å². The molecule has 0 spiro atoms. The standard InChI is InChI=1S/C21H21ClN4O2/c22-20-15(16-4-6-18(25-21(16)28)13-2-1-3-13)5-7-19(17(20)10-23)26-11-14(12-26)24-8-9-27/h5,7-8,14,16,24H,1-4,6,11-12H2,(H,25,28). The van der Waals surface area contributed by atoms with E-state index in [9.17, 15) is 14.9 Å². The molecule has 0 bridgehead atoms. The SMILES string of the molecule is N#Cc1c(N2CC(NC=C=O)C2)ccc(C2CCC(=C3CCC3)NC2=O)c1Cl. The molecule has 0 aromatic heterocycles. The van der Waals surface area contributed by atoms with Gasteiger partial charge < -0.3 is 15.5 Å². The van der Waals surface area contributed by atoms with E-state index in [1.165, 1.54) is 18.2 Å². The van der Waals surface area contributed by atoms with Crippen molar-refractivity contribution in [3.05, 3.63) is 45.8 Å². The van der Waals surface area contributed by atoms with Gasteiger partial charge in [-0.05, 0) is 43.7 Å². The lowest BCUT2D eigenvalue weighted by Gasteiger charge is -2.41. The molecule has 28 heavy (non-hydrogen) atoms. The summed E-state index contributed by atoms with van der Waals surface area (Å²) in [6, 6.07) is 6.10. The third kappa shape index (κ3) is 3.28. The molecular formula is C21H21ClN4O2. The zero-order valence-corrected chi connectivity index (χ0v) is 16.2. The van der Waals surface area contributed by atoms with Crippen molar-refractivity contribution in [2.75, 3.05) is 18.0 Å². The van der Waals surface area contributed by atoms with Crippen LogP contribution in [-0.2, 0) is 9.59 Å². The third-order valence-corrected chi connectivity index (χ3v) is 6.30. The fourth-order valence-electron chi connectivity index (χ4n) is 4.09. The van der Waals surface area contributed by atoms with Crippen molar-refractivity contribution in [3.63, 3.8) is 0 Å². The summed E-state index contributed by atoms with van der Waals surface area (Å²) in [6.07, 6.45) is 6.19. The summed E-state index contributed by atoms with van der Waals surface area (Å²) in [6.45, 7) is 1.34. The molecule has 1 atom stereocenters. The fraction of sp³-hybridized carbons (Fsp3) is 0.429. The van der Waals surface area contributed by atoms with E-state index in [0.29, 0.717) is 30.1 Å². The van der Waals surface area contributed by atoms with Crippen LogP contribution in [0.2, 0.25) is 5.02 Å². The van der Waals surface area contributed by atoms with Crippen molar-refractivity contribution in [1.29, 1.82) is 5.26 Å². The molecule has 6 nitrogen and oxygen atoms in total. The quantitative estimate of drug-likeness (QED) is 0.764. The van der Waals surface area contributed by atoms with Gasteiger partial charge in [-0.25, -0.2) is 4.79 Å². The number of carbonyl (C=O) groups is 1. The minimum absolute atomic E-state index is 0.0342. The highest BCUT2D eigenvalue weighted by molar-refractivity contribution is 6.33. The minimum Gasteiger partial charge on any atom is -0.376 e. The van der Waals surface area contributed by atoms with Crippen molar-refractivity contribution in [2.24, 2.45) is 0 Å². The van der Waals surface area contributed by atoms with Gasteiger partial charge in [-0.2, -0.15) is 5.26 Å². The van der Waals surface area contributed by atoms with Crippen molar-refractivity contribution >= 4 is 29.1 Å². The number of anilines is 1. The smallest absolute Gasteiger partial charge is 0.231 e. The van der Waals surface area contributed by atoms with Crippen LogP contribution in [-0.4, -0.2) is 31.0 Å². The molecule has 7 heteroatoms. The van der Waals surface area contributed by atoms with Gasteiger partial charge in [0.05, 0.1) is 34.4 Å². The van der Waals surface area contributed by atoms with Crippen LogP contribution in [0.15, 0.2) is 29.6 Å². The molecule has 2 N–H and O–H groups in total. The maximum absolute atomic E-state index is 12.7. The number of nitriles is 1. The Balaban J connectivity index is 1.53. The summed E-state index contributed by atoms with van der Waals surface area (Å²) < 4.78 is 0. The fourth-order valence-corrected chi connectivity index (χ4v) is 4.42. The van der Waals surface area contributed by atoms with E-state index < -0.39 is 0 Å². The van der Waals surface area contributed by atoms with E-state index >= 15 is 0 Å². The van der Waals surface area contributed by atoms with Gasteiger partial charge in [-0.1, -0.05) is 23.2 Å². The molecule has 2 aliphatic heterocycles. The first kappa shape index (κ1) is 18.6. The second-order valence-electron chi connectivity index (χ2n) is 7.52. The first-order valence-corrected chi connectivity index (χ1v) is 9.94. The Morgan fingerprint density at radius 3 is 2.68 bits per heavy atom. The van der Waals surface area contributed by atoms with Gasteiger partial charge in [0, 0.05) is 18.8 Å². The van der Waals surface area contributed by atoms with E-state index in [2.05, 4.69) is 16.7 Å². The molecule has 0 radical (unpaired) electrons. The summed E-state index contributed by atoms with van der Waals surface area (Å²) in [7, 11) is 0. The molecule has 1 aliphatic carbocycles. The maximum atomic E-state index is 12.7. The number of benzene rings is 1. The van der Waals surface area contributed by atoms with Gasteiger partial charge >= 0.3 is 0 Å². The summed E-state index contributed by atoms with van der Waals surface area (Å²) >= 11 is 6.58. The van der Waals surface area contributed by atoms with Gasteiger partial charge in [0.25, 0.3) is 0 Å². The monoisotopic (exact) mass is 396 g/mol. The lowest BCUT2D eigenvalue weighted by Crippen LogP contribution is -2.57. The summed E-state index contributed by atoms with van der Waals surface area (Å²) in [5.74, 6) is 1.33. The zero-order valence-electron chi connectivity index (χ0n) is 15.4. The Hall–Kier alpha value is -2.74. The van der Waals surface area contributed by atoms with Crippen LogP contribution in [0.5, 0.6) is 0 Å². The number of carbonyl (C=O) groups excluding carboxylic acids is 2. The number of nitrogens with zero attached hydrogens (tertiary/aromatic N) is 2. The number of hydrogen-bond acceptors (Lipinski definition) is 5. The van der Waals surface area contributed by atoms with E-state index in [0.717, 1.165) is 36.2 Å². The largest absolute Gasteiger partial charge is 0.376 e. The van der Waals surface area contributed by atoms with Crippen LogP contribution in [0, 0.1) is 11.3 Å². The number of piperidine rings is 1. The molecule has 2 heterocycles. The molecule has 144 valence electrons. The van der Waals surface area contributed by atoms with Gasteiger partial charge in [0.15, 0.2) is 0 Å². The van der Waals surface area contributed by atoms with Gasteiger partial charge in [-0.15, -0.1) is 0 Å². The average Bonchev–Trinajstić information content (AvgIpc) is 2.60. The second-order valence-corrected chi connectivity index (χ2v) is 7.90. The average molecular weight is 397 g/mol. The third-order valence-electron chi connectivity index (χ3n) is 5.89. The Morgan fingerprint density at radius 1 is 1.29 bits per heavy atom. The molecule has 1 unspecified atom stereocenters. The van der Waals surface area contributed by atoms with Crippen LogP contribution < -0.4 is 15.5 Å². The number of hydrogen-bond donors (Lipinski definition) is 2. The molecule has 1 aromatic rings. The Labute approximate surface area is 168 Å². The van der Waals surface area contributed by atoms with Crippen LogP contribution in [0.4, 0.5) is 5.69 Å². The van der Waals surface area contributed by atoms with Crippen molar-refractivity contribution in [1.82, 2.24) is 10.6 Å². The molecular weight excluding hydrogens is 376 g/mol. The molecule has 1 saturated carbocycles. The van der Waals surface area contributed by atoms with Crippen molar-refractivity contribution in [2.45, 2.75) is 44.1 Å². The van der Waals surface area contributed by atoms with Crippen LogP contribution >= 0.6 is 11.6 Å². The van der Waals surface area contributed by atoms with E-state index in [-0.39, 0.29) is 17.9 Å². The van der Waals surface area contributed by atoms with E-state index in [1.54, 1.807) is 5.94 Å². The number of allylic oxidation sites excluding steroid dienone is 2. The summed E-state index contributed by atoms with van der Waals surface area (Å²) in [5, 5.41) is 16.1. The number of amides is 1. The number of nitrogens with one attached hydrogen (secondary N) is 2. The van der Waals surface area contributed by atoms with Crippen molar-refractivity contribution in [3.8, 4) is 6.07 Å². The van der Waals surface area contributed by atoms with Crippen LogP contribution in [0.25, 0.3) is 0 Å². The highest BCUT2D eigenvalue weighted by Gasteiger charge is 2.33. The molecule has 4 rings (SSSR count). The van der Waals surface area contributed by atoms with Crippen LogP contribution in [0.1, 0.15) is 49.1 Å². The normalized spacial score (nSPS) is 21.8. The topological polar surface area (TPSA) is 85.2 Å². The lowest BCUT2D eigenvalue weighted by molar-refractivity contribution is -0.122. The van der Waals surface area contributed by atoms with E-state index in [4.69, 9.17) is 11.6 Å². The number of halogens is 1. The minimum atomic E-state index is -0.332. The van der Waals surface area contributed by atoms with Crippen molar-refractivity contribution < 1.29 is 9.59 Å². The zero-order chi connectivity index (χ0) is 19.7. The first-order chi connectivity index (χ1) is 13.6. The Morgan fingerprint density at radius 2 is 2.07 bits per heavy atom. The highest BCUT2D eigenvalue weighted by Crippen LogP contribution is 2.40. The Kier molecular flexibility index (Phi) is 5.13. The van der Waals surface area contributed by atoms with Crippen LogP contribution in [0.3, 0.4) is 0 Å². The molecule has 1 amide bonds. The molecule has 3 fully saturated rings. The molecule has 3 aliphatic rings. The van der Waals surface area contributed by atoms with E-state index in [1.807, 2.05) is 17.0 Å². The Bertz CT molecular complexity index is 930. The molecule has 2 saturated heterocycles. The lowest BCUT2D eigenvalue weighted by atomic mass is 9.83. The maximum Gasteiger partial charge on any atom is 0.231 e. The summed E-state index contributed by atoms with van der Waals surface area (Å²) in [5.41, 5.74) is 4.34. The number of rotatable bonds is 4. The second kappa shape index (κ2) is 7.71. The predicted octanol–water partition coefficient (Wildman–Crippen LogP) is 2.77. The van der Waals surface area contributed by atoms with Gasteiger partial charge in [0.1, 0.15) is 12.0 Å². The summed E-state index contributed by atoms with van der Waals surface area (Å²) in [4.78, 5) is 25.0. The van der Waals surface area contributed by atoms with Gasteiger partial charge in [-0.3, -0.25) is 4.79 Å². The first-order valence-electron chi connectivity index (χ1n) is 9.57.